The molecule has 0 bridgehead atoms. The second-order valence-corrected chi connectivity index (χ2v) is 8.12. The van der Waals surface area contributed by atoms with Crippen molar-refractivity contribution < 1.29 is 19.4 Å². The highest BCUT2D eigenvalue weighted by atomic mass is 16.5. The van der Waals surface area contributed by atoms with Gasteiger partial charge in [0.25, 0.3) is 11.8 Å². The van der Waals surface area contributed by atoms with Gasteiger partial charge in [0.15, 0.2) is 12.1 Å². The number of methoxy groups -OCH3 is 1. The van der Waals surface area contributed by atoms with E-state index in [1.807, 2.05) is 6.92 Å². The number of rotatable bonds is 9. The van der Waals surface area contributed by atoms with Crippen LogP contribution in [0.15, 0.2) is 66.7 Å². The molecule has 0 radical (unpaired) electrons. The van der Waals surface area contributed by atoms with Crippen molar-refractivity contribution in [2.75, 3.05) is 30.0 Å². The number of hydrogen-bond donors (Lipinski definition) is 6. The number of aromatic amines is 1. The Morgan fingerprint density at radius 2 is 1.75 bits per heavy atom. The maximum atomic E-state index is 13.0. The number of carbonyl (C=O) groups is 2. The average Bonchev–Trinajstić information content (AvgIpc) is 3.26. The highest BCUT2D eigenvalue weighted by Gasteiger charge is 2.30. The molecular formula is C26H28N6O4. The fourth-order valence-corrected chi connectivity index (χ4v) is 3.80. The summed E-state index contributed by atoms with van der Waals surface area (Å²) in [5.41, 5.74) is 9.23. The summed E-state index contributed by atoms with van der Waals surface area (Å²) in [7, 11) is 1.54. The van der Waals surface area contributed by atoms with Crippen molar-refractivity contribution in [3.8, 4) is 5.75 Å². The van der Waals surface area contributed by atoms with Gasteiger partial charge in [-0.3, -0.25) is 9.59 Å². The minimum absolute atomic E-state index is 0.259. The monoisotopic (exact) mass is 488 g/mol. The molecule has 0 fully saturated rings. The Kier molecular flexibility index (Phi) is 7.36. The molecule has 4 rings (SSSR count). The largest absolute Gasteiger partial charge is 0.497 e. The number of aromatic nitrogens is 2. The van der Waals surface area contributed by atoms with Crippen LogP contribution >= 0.6 is 0 Å². The van der Waals surface area contributed by atoms with Crippen molar-refractivity contribution in [2.24, 2.45) is 0 Å². The number of nitrogens with one attached hydrogen (secondary N) is 4. The minimum Gasteiger partial charge on any atom is -0.497 e. The SMILES string of the molecule is CCNc1ccc(C(=O)NC(c2ccc(OC)cc2)C(O)C(=O)Nc2ccc3nc(N)[nH]c3c2)cc1. The maximum absolute atomic E-state index is 13.0. The molecule has 3 aromatic carbocycles. The van der Waals surface area contributed by atoms with Gasteiger partial charge in [-0.1, -0.05) is 12.1 Å². The van der Waals surface area contributed by atoms with Crippen molar-refractivity contribution in [3.63, 3.8) is 0 Å². The average molecular weight is 489 g/mol. The van der Waals surface area contributed by atoms with E-state index >= 15 is 0 Å². The first kappa shape index (κ1) is 24.6. The van der Waals surface area contributed by atoms with Crippen LogP contribution in [-0.4, -0.2) is 46.6 Å². The molecule has 10 heteroatoms. The van der Waals surface area contributed by atoms with Gasteiger partial charge in [0, 0.05) is 23.5 Å². The molecule has 0 saturated heterocycles. The van der Waals surface area contributed by atoms with Gasteiger partial charge in [-0.25, -0.2) is 4.98 Å². The number of benzene rings is 3. The molecule has 36 heavy (non-hydrogen) atoms. The molecule has 2 unspecified atom stereocenters. The number of aliphatic hydroxyl groups excluding tert-OH is 1. The van der Waals surface area contributed by atoms with E-state index in [9.17, 15) is 14.7 Å². The summed E-state index contributed by atoms with van der Waals surface area (Å²) in [6.45, 7) is 2.74. The Labute approximate surface area is 207 Å². The number of nitrogen functional groups attached to an aromatic ring is 1. The van der Waals surface area contributed by atoms with Crippen LogP contribution in [-0.2, 0) is 4.79 Å². The fourth-order valence-electron chi connectivity index (χ4n) is 3.80. The summed E-state index contributed by atoms with van der Waals surface area (Å²) in [5.74, 6) is -0.256. The van der Waals surface area contributed by atoms with Crippen LogP contribution in [0.5, 0.6) is 5.75 Å². The number of amides is 2. The van der Waals surface area contributed by atoms with E-state index in [0.29, 0.717) is 33.6 Å². The first-order valence-corrected chi connectivity index (χ1v) is 11.4. The van der Waals surface area contributed by atoms with E-state index in [0.717, 1.165) is 12.2 Å². The number of aliphatic hydroxyl groups is 1. The third kappa shape index (κ3) is 5.56. The number of nitrogens with zero attached hydrogens (tertiary/aromatic N) is 1. The minimum atomic E-state index is -1.59. The van der Waals surface area contributed by atoms with Gasteiger partial charge in [-0.2, -0.15) is 0 Å². The third-order valence-corrected chi connectivity index (χ3v) is 5.64. The molecule has 7 N–H and O–H groups in total. The summed E-state index contributed by atoms with van der Waals surface area (Å²) in [6.07, 6.45) is -1.59. The molecule has 1 aromatic heterocycles. The first-order chi connectivity index (χ1) is 17.4. The lowest BCUT2D eigenvalue weighted by Crippen LogP contribution is -2.42. The zero-order valence-electron chi connectivity index (χ0n) is 19.9. The van der Waals surface area contributed by atoms with Gasteiger partial charge in [0.05, 0.1) is 24.2 Å². The van der Waals surface area contributed by atoms with Gasteiger partial charge in [0.1, 0.15) is 5.75 Å². The lowest BCUT2D eigenvalue weighted by atomic mass is 9.99. The van der Waals surface area contributed by atoms with E-state index in [-0.39, 0.29) is 5.95 Å². The van der Waals surface area contributed by atoms with E-state index < -0.39 is 24.0 Å². The van der Waals surface area contributed by atoms with Crippen molar-refractivity contribution in [3.05, 3.63) is 77.9 Å². The van der Waals surface area contributed by atoms with Crippen LogP contribution in [0.25, 0.3) is 11.0 Å². The molecule has 0 saturated carbocycles. The standard InChI is InChI=1S/C26H28N6O4/c1-3-28-17-8-4-16(5-9-17)24(34)32-22(15-6-11-19(36-2)12-7-15)23(33)25(35)29-18-10-13-20-21(14-18)31-26(27)30-20/h4-14,22-23,28,33H,3H2,1-2H3,(H,29,35)(H,32,34)(H3,27,30,31). The molecule has 10 nitrogen and oxygen atoms in total. The molecule has 0 aliphatic heterocycles. The lowest BCUT2D eigenvalue weighted by molar-refractivity contribution is -0.125. The quantitative estimate of drug-likeness (QED) is 0.212. The number of anilines is 3. The number of imidazole rings is 1. The van der Waals surface area contributed by atoms with Gasteiger partial charge in [-0.05, 0) is 67.1 Å². The smallest absolute Gasteiger partial charge is 0.255 e. The summed E-state index contributed by atoms with van der Waals surface area (Å²) in [4.78, 5) is 33.1. The molecule has 0 spiro atoms. The Morgan fingerprint density at radius 1 is 1.06 bits per heavy atom. The van der Waals surface area contributed by atoms with Gasteiger partial charge >= 0.3 is 0 Å². The van der Waals surface area contributed by atoms with Gasteiger partial charge < -0.3 is 36.5 Å². The predicted octanol–water partition coefficient (Wildman–Crippen LogP) is 3.06. The number of ether oxygens (including phenoxy) is 1. The molecule has 2 atom stereocenters. The molecule has 1 heterocycles. The van der Waals surface area contributed by atoms with Gasteiger partial charge in [0.2, 0.25) is 0 Å². The zero-order chi connectivity index (χ0) is 25.7. The molecule has 4 aromatic rings. The number of fused-ring (bicyclic) bond motifs is 1. The van der Waals surface area contributed by atoms with Gasteiger partial charge in [-0.15, -0.1) is 0 Å². The van der Waals surface area contributed by atoms with Crippen LogP contribution in [0.3, 0.4) is 0 Å². The normalized spacial score (nSPS) is 12.5. The molecule has 0 aliphatic rings. The molecule has 0 aliphatic carbocycles. The van der Waals surface area contributed by atoms with Crippen molar-refractivity contribution in [1.29, 1.82) is 0 Å². The zero-order valence-corrected chi connectivity index (χ0v) is 19.9. The van der Waals surface area contributed by atoms with Crippen LogP contribution in [0.1, 0.15) is 28.9 Å². The third-order valence-electron chi connectivity index (χ3n) is 5.64. The van der Waals surface area contributed by atoms with E-state index in [1.165, 1.54) is 7.11 Å². The topological polar surface area (TPSA) is 154 Å². The number of hydrogen-bond acceptors (Lipinski definition) is 7. The Morgan fingerprint density at radius 3 is 2.42 bits per heavy atom. The number of H-pyrrole nitrogens is 1. The van der Waals surface area contributed by atoms with Crippen LogP contribution in [0.4, 0.5) is 17.3 Å². The van der Waals surface area contributed by atoms with E-state index in [1.54, 1.807) is 66.7 Å². The number of carbonyl (C=O) groups excluding carboxylic acids is 2. The molecule has 2 amide bonds. The predicted molar refractivity (Wildman–Crippen MR) is 139 cm³/mol. The Balaban J connectivity index is 1.56. The van der Waals surface area contributed by atoms with Crippen molar-refractivity contribution in [2.45, 2.75) is 19.1 Å². The maximum Gasteiger partial charge on any atom is 0.255 e. The summed E-state index contributed by atoms with van der Waals surface area (Å²) >= 11 is 0. The summed E-state index contributed by atoms with van der Waals surface area (Å²) < 4.78 is 5.20. The number of nitrogens with two attached hydrogens (primary N) is 1. The highest BCUT2D eigenvalue weighted by molar-refractivity contribution is 5.98. The first-order valence-electron chi connectivity index (χ1n) is 11.4. The second kappa shape index (κ2) is 10.8. The summed E-state index contributed by atoms with van der Waals surface area (Å²) in [5, 5.41) is 19.7. The van der Waals surface area contributed by atoms with Crippen LogP contribution in [0.2, 0.25) is 0 Å². The summed E-state index contributed by atoms with van der Waals surface area (Å²) in [6, 6.07) is 17.7. The van der Waals surface area contributed by atoms with Crippen LogP contribution < -0.4 is 26.4 Å². The van der Waals surface area contributed by atoms with E-state index in [2.05, 4.69) is 25.9 Å². The highest BCUT2D eigenvalue weighted by Crippen LogP contribution is 2.24. The Hall–Kier alpha value is -4.57. The second-order valence-electron chi connectivity index (χ2n) is 8.12. The Bertz CT molecular complexity index is 1350. The van der Waals surface area contributed by atoms with Crippen LogP contribution in [0, 0.1) is 0 Å². The van der Waals surface area contributed by atoms with Crippen molar-refractivity contribution >= 4 is 40.2 Å². The lowest BCUT2D eigenvalue weighted by Gasteiger charge is -2.24. The van der Waals surface area contributed by atoms with E-state index in [4.69, 9.17) is 10.5 Å². The fraction of sp³-hybridized carbons (Fsp3) is 0.192. The van der Waals surface area contributed by atoms with Crippen molar-refractivity contribution in [1.82, 2.24) is 15.3 Å². The molecular weight excluding hydrogens is 460 g/mol. The molecule has 186 valence electrons.